The van der Waals surface area contributed by atoms with E-state index in [0.717, 1.165) is 30.6 Å². The minimum Gasteiger partial charge on any atom is -0.357 e. The third-order valence-corrected chi connectivity index (χ3v) is 4.23. The van der Waals surface area contributed by atoms with E-state index in [2.05, 4.69) is 39.0 Å². The van der Waals surface area contributed by atoms with Crippen LogP contribution in [0.2, 0.25) is 0 Å². The van der Waals surface area contributed by atoms with Gasteiger partial charge in [-0.25, -0.2) is 0 Å². The first kappa shape index (κ1) is 13.4. The summed E-state index contributed by atoms with van der Waals surface area (Å²) in [4.78, 5) is 15.7. The van der Waals surface area contributed by atoms with Gasteiger partial charge in [0.1, 0.15) is 0 Å². The largest absolute Gasteiger partial charge is 0.357 e. The number of nitrogens with zero attached hydrogens (tertiary/aromatic N) is 4. The summed E-state index contributed by atoms with van der Waals surface area (Å²) < 4.78 is 0. The molecule has 1 aromatic rings. The second-order valence-corrected chi connectivity index (χ2v) is 5.93. The van der Waals surface area contributed by atoms with Crippen LogP contribution in [0.3, 0.4) is 0 Å². The Kier molecular flexibility index (Phi) is 4.63. The van der Waals surface area contributed by atoms with Gasteiger partial charge in [0.2, 0.25) is 11.9 Å². The van der Waals surface area contributed by atoms with Gasteiger partial charge in [0.05, 0.1) is 0 Å². The van der Waals surface area contributed by atoms with Crippen molar-refractivity contribution in [2.45, 2.75) is 43.5 Å². The van der Waals surface area contributed by atoms with E-state index in [1.165, 1.54) is 12.8 Å². The van der Waals surface area contributed by atoms with E-state index in [9.17, 15) is 0 Å². The predicted molar refractivity (Wildman–Crippen MR) is 76.4 cm³/mol. The fourth-order valence-electron chi connectivity index (χ4n) is 1.83. The van der Waals surface area contributed by atoms with Gasteiger partial charge in [-0.15, -0.1) is 0 Å². The zero-order valence-electron chi connectivity index (χ0n) is 11.3. The van der Waals surface area contributed by atoms with Crippen molar-refractivity contribution in [3.63, 3.8) is 0 Å². The molecule has 0 radical (unpaired) electrons. The summed E-state index contributed by atoms with van der Waals surface area (Å²) in [5.41, 5.74) is 0. The van der Waals surface area contributed by atoms with Crippen LogP contribution in [0.1, 0.15) is 33.1 Å². The maximum atomic E-state index is 4.58. The highest BCUT2D eigenvalue weighted by Crippen LogP contribution is 2.25. The van der Waals surface area contributed by atoms with E-state index in [1.807, 2.05) is 7.05 Å². The van der Waals surface area contributed by atoms with Crippen molar-refractivity contribution in [2.75, 3.05) is 30.4 Å². The van der Waals surface area contributed by atoms with Gasteiger partial charge in [-0.05, 0) is 19.3 Å². The summed E-state index contributed by atoms with van der Waals surface area (Å²) >= 11 is 1.72. The number of aromatic nitrogens is 3. The Morgan fingerprint density at radius 2 is 2.00 bits per heavy atom. The fourth-order valence-corrected chi connectivity index (χ4v) is 2.63. The van der Waals surface area contributed by atoms with Crippen molar-refractivity contribution in [1.29, 1.82) is 0 Å². The summed E-state index contributed by atoms with van der Waals surface area (Å²) in [5, 5.41) is 4.38. The summed E-state index contributed by atoms with van der Waals surface area (Å²) in [6.45, 7) is 6.49. The Morgan fingerprint density at radius 1 is 1.28 bits per heavy atom. The summed E-state index contributed by atoms with van der Waals surface area (Å²) in [5.74, 6) is 1.48. The summed E-state index contributed by atoms with van der Waals surface area (Å²) in [7, 11) is 1.85. The average molecular weight is 267 g/mol. The molecule has 0 amide bonds. The van der Waals surface area contributed by atoms with E-state index in [1.54, 1.807) is 11.8 Å². The maximum absolute atomic E-state index is 4.58. The summed E-state index contributed by atoms with van der Waals surface area (Å²) in [6, 6.07) is 0. The molecule has 2 heterocycles. The minimum absolute atomic E-state index is 0.531. The van der Waals surface area contributed by atoms with Gasteiger partial charge in [0.15, 0.2) is 5.16 Å². The molecule has 0 bridgehead atoms. The van der Waals surface area contributed by atoms with Crippen molar-refractivity contribution in [1.82, 2.24) is 15.0 Å². The molecule has 1 atom stereocenters. The SMILES string of the molecule is CCC(C)Sc1nc(NC)nc(N2CCCC2)n1. The first-order valence-electron chi connectivity index (χ1n) is 6.58. The molecular formula is C12H21N5S. The molecule has 5 nitrogen and oxygen atoms in total. The monoisotopic (exact) mass is 267 g/mol. The van der Waals surface area contributed by atoms with Crippen molar-refractivity contribution >= 4 is 23.7 Å². The molecular weight excluding hydrogens is 246 g/mol. The number of hydrogen-bond donors (Lipinski definition) is 1. The quantitative estimate of drug-likeness (QED) is 0.827. The average Bonchev–Trinajstić information content (AvgIpc) is 2.92. The first-order valence-corrected chi connectivity index (χ1v) is 7.46. The maximum Gasteiger partial charge on any atom is 0.231 e. The molecule has 0 saturated carbocycles. The van der Waals surface area contributed by atoms with Crippen molar-refractivity contribution in [3.8, 4) is 0 Å². The van der Waals surface area contributed by atoms with Crippen LogP contribution < -0.4 is 10.2 Å². The van der Waals surface area contributed by atoms with Gasteiger partial charge >= 0.3 is 0 Å². The second-order valence-electron chi connectivity index (χ2n) is 4.52. The second kappa shape index (κ2) is 6.22. The molecule has 1 fully saturated rings. The Bertz CT molecular complexity index is 392. The molecule has 2 rings (SSSR count). The Hall–Kier alpha value is -1.04. The topological polar surface area (TPSA) is 53.9 Å². The molecule has 0 aromatic carbocycles. The van der Waals surface area contributed by atoms with Gasteiger partial charge in [-0.1, -0.05) is 25.6 Å². The molecule has 100 valence electrons. The van der Waals surface area contributed by atoms with Crippen LogP contribution in [0, 0.1) is 0 Å². The van der Waals surface area contributed by atoms with E-state index in [4.69, 9.17) is 0 Å². The molecule has 18 heavy (non-hydrogen) atoms. The third kappa shape index (κ3) is 3.25. The molecule has 0 spiro atoms. The molecule has 1 unspecified atom stereocenters. The lowest BCUT2D eigenvalue weighted by Crippen LogP contribution is -2.21. The highest BCUT2D eigenvalue weighted by atomic mass is 32.2. The predicted octanol–water partition coefficient (Wildman–Crippen LogP) is 2.40. The van der Waals surface area contributed by atoms with E-state index in [0.29, 0.717) is 11.2 Å². The highest BCUT2D eigenvalue weighted by molar-refractivity contribution is 7.99. The lowest BCUT2D eigenvalue weighted by atomic mass is 10.4. The lowest BCUT2D eigenvalue weighted by Gasteiger charge is -2.16. The minimum atomic E-state index is 0.531. The lowest BCUT2D eigenvalue weighted by molar-refractivity contribution is 0.821. The number of hydrogen-bond acceptors (Lipinski definition) is 6. The van der Waals surface area contributed by atoms with E-state index in [-0.39, 0.29) is 0 Å². The fraction of sp³-hybridized carbons (Fsp3) is 0.750. The smallest absolute Gasteiger partial charge is 0.231 e. The van der Waals surface area contributed by atoms with Gasteiger partial charge in [-0.3, -0.25) is 0 Å². The van der Waals surface area contributed by atoms with Crippen LogP contribution in [0.5, 0.6) is 0 Å². The number of thioether (sulfide) groups is 1. The van der Waals surface area contributed by atoms with Crippen LogP contribution >= 0.6 is 11.8 Å². The zero-order chi connectivity index (χ0) is 13.0. The van der Waals surface area contributed by atoms with Crippen LogP contribution in [0.15, 0.2) is 5.16 Å². The van der Waals surface area contributed by atoms with E-state index >= 15 is 0 Å². The third-order valence-electron chi connectivity index (χ3n) is 3.10. The first-order chi connectivity index (χ1) is 8.72. The van der Waals surface area contributed by atoms with Gasteiger partial charge < -0.3 is 10.2 Å². The van der Waals surface area contributed by atoms with Gasteiger partial charge in [-0.2, -0.15) is 15.0 Å². The molecule has 1 aliphatic heterocycles. The highest BCUT2D eigenvalue weighted by Gasteiger charge is 2.17. The number of rotatable bonds is 5. The molecule has 6 heteroatoms. The molecule has 0 aliphatic carbocycles. The van der Waals surface area contributed by atoms with Gasteiger partial charge in [0, 0.05) is 25.4 Å². The van der Waals surface area contributed by atoms with Crippen molar-refractivity contribution < 1.29 is 0 Å². The molecule has 1 saturated heterocycles. The molecule has 1 N–H and O–H groups in total. The molecule has 1 aliphatic rings. The van der Waals surface area contributed by atoms with Crippen LogP contribution in [0.4, 0.5) is 11.9 Å². The van der Waals surface area contributed by atoms with E-state index < -0.39 is 0 Å². The number of nitrogens with one attached hydrogen (secondary N) is 1. The van der Waals surface area contributed by atoms with Crippen molar-refractivity contribution in [3.05, 3.63) is 0 Å². The van der Waals surface area contributed by atoms with Crippen molar-refractivity contribution in [2.24, 2.45) is 0 Å². The van der Waals surface area contributed by atoms with Crippen LogP contribution in [-0.4, -0.2) is 40.3 Å². The summed E-state index contributed by atoms with van der Waals surface area (Å²) in [6.07, 6.45) is 3.58. The Labute approximate surface area is 113 Å². The molecule has 1 aromatic heterocycles. The van der Waals surface area contributed by atoms with Crippen LogP contribution in [0.25, 0.3) is 0 Å². The Balaban J connectivity index is 2.20. The van der Waals surface area contributed by atoms with Gasteiger partial charge in [0.25, 0.3) is 0 Å². The Morgan fingerprint density at radius 3 is 2.61 bits per heavy atom. The normalized spacial score (nSPS) is 16.9. The number of anilines is 2. The van der Waals surface area contributed by atoms with Crippen LogP contribution in [-0.2, 0) is 0 Å². The zero-order valence-corrected chi connectivity index (χ0v) is 12.1. The standard InChI is InChI=1S/C12H21N5S/c1-4-9(2)18-12-15-10(13-3)14-11(16-12)17-7-5-6-8-17/h9H,4-8H2,1-3H3,(H,13,14,15,16).